The molecule has 1 N–H and O–H groups in total. The first-order valence-corrected chi connectivity index (χ1v) is 10.7. The molecule has 0 saturated carbocycles. The standard InChI is InChI=1S/C26H27N3O3/c1-19-6-5-7-20(18-19)26(30)27-15-14-25-28-23-8-3-4-9-24(23)29(25)16-17-32-22-12-10-21(31-2)11-13-22/h3-13,18H,14-17H2,1-2H3,(H,27,30). The lowest BCUT2D eigenvalue weighted by Crippen LogP contribution is -2.26. The number of aromatic nitrogens is 2. The Morgan fingerprint density at radius 2 is 1.78 bits per heavy atom. The molecule has 0 radical (unpaired) electrons. The average molecular weight is 430 g/mol. The number of amides is 1. The van der Waals surface area contributed by atoms with E-state index in [9.17, 15) is 4.79 Å². The van der Waals surface area contributed by atoms with Crippen molar-refractivity contribution >= 4 is 16.9 Å². The zero-order chi connectivity index (χ0) is 22.3. The van der Waals surface area contributed by atoms with Crippen molar-refractivity contribution in [3.05, 3.63) is 89.7 Å². The summed E-state index contributed by atoms with van der Waals surface area (Å²) >= 11 is 0. The third kappa shape index (κ3) is 5.09. The van der Waals surface area contributed by atoms with Gasteiger partial charge in [0.1, 0.15) is 23.9 Å². The SMILES string of the molecule is COc1ccc(OCCn2c(CCNC(=O)c3cccc(C)c3)nc3ccccc32)cc1. The maximum Gasteiger partial charge on any atom is 0.251 e. The number of carbonyl (C=O) groups excluding carboxylic acids is 1. The van der Waals surface area contributed by atoms with Crippen LogP contribution in [0.4, 0.5) is 0 Å². The van der Waals surface area contributed by atoms with Crippen LogP contribution in [0.3, 0.4) is 0 Å². The van der Waals surface area contributed by atoms with E-state index in [0.29, 0.717) is 31.7 Å². The lowest BCUT2D eigenvalue weighted by molar-refractivity contribution is 0.0953. The van der Waals surface area contributed by atoms with Crippen LogP contribution in [0.2, 0.25) is 0 Å². The van der Waals surface area contributed by atoms with E-state index in [1.165, 1.54) is 0 Å². The van der Waals surface area contributed by atoms with Gasteiger partial charge in [0.05, 0.1) is 24.7 Å². The molecule has 0 aliphatic carbocycles. The van der Waals surface area contributed by atoms with E-state index < -0.39 is 0 Å². The molecule has 1 heterocycles. The number of fused-ring (bicyclic) bond motifs is 1. The van der Waals surface area contributed by atoms with Crippen LogP contribution in [0, 0.1) is 6.92 Å². The molecule has 0 saturated heterocycles. The number of methoxy groups -OCH3 is 1. The van der Waals surface area contributed by atoms with Gasteiger partial charge in [0.2, 0.25) is 0 Å². The van der Waals surface area contributed by atoms with Crippen LogP contribution in [-0.2, 0) is 13.0 Å². The molecular formula is C26H27N3O3. The van der Waals surface area contributed by atoms with Gasteiger partial charge >= 0.3 is 0 Å². The Labute approximate surface area is 187 Å². The van der Waals surface area contributed by atoms with Gasteiger partial charge < -0.3 is 19.4 Å². The zero-order valence-corrected chi connectivity index (χ0v) is 18.4. The number of hydrogen-bond donors (Lipinski definition) is 1. The van der Waals surface area contributed by atoms with Gasteiger partial charge in [-0.1, -0.05) is 29.8 Å². The van der Waals surface area contributed by atoms with Gasteiger partial charge in [-0.15, -0.1) is 0 Å². The zero-order valence-electron chi connectivity index (χ0n) is 18.4. The Morgan fingerprint density at radius 3 is 2.56 bits per heavy atom. The first-order chi connectivity index (χ1) is 15.6. The summed E-state index contributed by atoms with van der Waals surface area (Å²) in [5.41, 5.74) is 3.74. The topological polar surface area (TPSA) is 65.4 Å². The fraction of sp³-hybridized carbons (Fsp3) is 0.231. The van der Waals surface area contributed by atoms with Gasteiger partial charge in [-0.2, -0.15) is 0 Å². The first kappa shape index (κ1) is 21.4. The number of benzene rings is 3. The van der Waals surface area contributed by atoms with E-state index in [1.807, 2.05) is 73.7 Å². The number of carbonyl (C=O) groups is 1. The fourth-order valence-electron chi connectivity index (χ4n) is 3.67. The summed E-state index contributed by atoms with van der Waals surface area (Å²) < 4.78 is 13.3. The van der Waals surface area contributed by atoms with E-state index >= 15 is 0 Å². The molecule has 3 aromatic carbocycles. The van der Waals surface area contributed by atoms with Gasteiger partial charge in [-0.25, -0.2) is 4.98 Å². The lowest BCUT2D eigenvalue weighted by atomic mass is 10.1. The number of rotatable bonds is 9. The number of hydrogen-bond acceptors (Lipinski definition) is 4. The molecule has 1 aromatic heterocycles. The Hall–Kier alpha value is -3.80. The van der Waals surface area contributed by atoms with Crippen LogP contribution in [0.1, 0.15) is 21.7 Å². The molecule has 0 aliphatic heterocycles. The summed E-state index contributed by atoms with van der Waals surface area (Å²) in [5.74, 6) is 2.45. The Morgan fingerprint density at radius 1 is 1.00 bits per heavy atom. The molecule has 0 fully saturated rings. The highest BCUT2D eigenvalue weighted by Crippen LogP contribution is 2.19. The van der Waals surface area contributed by atoms with Crippen molar-refractivity contribution in [3.63, 3.8) is 0 Å². The number of nitrogens with zero attached hydrogens (tertiary/aromatic N) is 2. The highest BCUT2D eigenvalue weighted by molar-refractivity contribution is 5.94. The molecule has 0 aliphatic rings. The number of aryl methyl sites for hydroxylation is 1. The minimum atomic E-state index is -0.0702. The monoisotopic (exact) mass is 429 g/mol. The van der Waals surface area contributed by atoms with Crippen molar-refractivity contribution in [1.29, 1.82) is 0 Å². The van der Waals surface area contributed by atoms with E-state index in [0.717, 1.165) is 33.9 Å². The van der Waals surface area contributed by atoms with Crippen molar-refractivity contribution in [2.75, 3.05) is 20.3 Å². The van der Waals surface area contributed by atoms with Gasteiger partial charge in [-0.05, 0) is 55.5 Å². The van der Waals surface area contributed by atoms with Crippen LogP contribution in [0.15, 0.2) is 72.8 Å². The largest absolute Gasteiger partial charge is 0.497 e. The van der Waals surface area contributed by atoms with Crippen molar-refractivity contribution in [2.24, 2.45) is 0 Å². The van der Waals surface area contributed by atoms with Crippen molar-refractivity contribution < 1.29 is 14.3 Å². The Bertz CT molecular complexity index is 1200. The van der Waals surface area contributed by atoms with Crippen LogP contribution in [0.25, 0.3) is 11.0 Å². The second kappa shape index (κ2) is 10.0. The highest BCUT2D eigenvalue weighted by Gasteiger charge is 2.12. The Kier molecular flexibility index (Phi) is 6.70. The minimum absolute atomic E-state index is 0.0702. The van der Waals surface area contributed by atoms with E-state index in [1.54, 1.807) is 7.11 Å². The van der Waals surface area contributed by atoms with Crippen LogP contribution < -0.4 is 14.8 Å². The van der Waals surface area contributed by atoms with E-state index in [2.05, 4.69) is 16.0 Å². The second-order valence-electron chi connectivity index (χ2n) is 7.57. The maximum atomic E-state index is 12.5. The van der Waals surface area contributed by atoms with Gasteiger partial charge in [0.25, 0.3) is 5.91 Å². The summed E-state index contributed by atoms with van der Waals surface area (Å²) in [6.45, 7) is 3.66. The number of nitrogens with one attached hydrogen (secondary N) is 1. The van der Waals surface area contributed by atoms with Gasteiger partial charge in [-0.3, -0.25) is 4.79 Å². The fourth-order valence-corrected chi connectivity index (χ4v) is 3.67. The molecule has 4 aromatic rings. The predicted molar refractivity (Wildman–Crippen MR) is 125 cm³/mol. The van der Waals surface area contributed by atoms with Crippen LogP contribution in [-0.4, -0.2) is 35.7 Å². The molecule has 32 heavy (non-hydrogen) atoms. The maximum absolute atomic E-state index is 12.5. The normalized spacial score (nSPS) is 10.8. The Balaban J connectivity index is 1.41. The van der Waals surface area contributed by atoms with Gasteiger partial charge in [0, 0.05) is 18.5 Å². The molecule has 0 atom stereocenters. The third-order valence-corrected chi connectivity index (χ3v) is 5.29. The molecule has 0 unspecified atom stereocenters. The van der Waals surface area contributed by atoms with E-state index in [4.69, 9.17) is 14.5 Å². The van der Waals surface area contributed by atoms with Crippen molar-refractivity contribution in [2.45, 2.75) is 19.9 Å². The van der Waals surface area contributed by atoms with Gasteiger partial charge in [0.15, 0.2) is 0 Å². The third-order valence-electron chi connectivity index (χ3n) is 5.29. The molecule has 6 nitrogen and oxygen atoms in total. The summed E-state index contributed by atoms with van der Waals surface area (Å²) in [5, 5.41) is 3.00. The summed E-state index contributed by atoms with van der Waals surface area (Å²) in [4.78, 5) is 17.2. The first-order valence-electron chi connectivity index (χ1n) is 10.7. The number of imidazole rings is 1. The molecule has 6 heteroatoms. The quantitative estimate of drug-likeness (QED) is 0.428. The molecule has 0 spiro atoms. The summed E-state index contributed by atoms with van der Waals surface area (Å²) in [6, 6.07) is 23.2. The van der Waals surface area contributed by atoms with Crippen LogP contribution >= 0.6 is 0 Å². The highest BCUT2D eigenvalue weighted by atomic mass is 16.5. The molecule has 0 bridgehead atoms. The second-order valence-corrected chi connectivity index (χ2v) is 7.57. The van der Waals surface area contributed by atoms with Crippen LogP contribution in [0.5, 0.6) is 11.5 Å². The lowest BCUT2D eigenvalue weighted by Gasteiger charge is -2.12. The molecule has 164 valence electrons. The van der Waals surface area contributed by atoms with Crippen molar-refractivity contribution in [1.82, 2.24) is 14.9 Å². The predicted octanol–water partition coefficient (Wildman–Crippen LogP) is 4.40. The summed E-state index contributed by atoms with van der Waals surface area (Å²) in [7, 11) is 1.64. The minimum Gasteiger partial charge on any atom is -0.497 e. The molecule has 4 rings (SSSR count). The van der Waals surface area contributed by atoms with Crippen molar-refractivity contribution in [3.8, 4) is 11.5 Å². The number of ether oxygens (including phenoxy) is 2. The summed E-state index contributed by atoms with van der Waals surface area (Å²) in [6.07, 6.45) is 0.634. The number of para-hydroxylation sites is 2. The average Bonchev–Trinajstić information content (AvgIpc) is 3.17. The smallest absolute Gasteiger partial charge is 0.251 e. The molecular weight excluding hydrogens is 402 g/mol. The van der Waals surface area contributed by atoms with E-state index in [-0.39, 0.29) is 5.91 Å². The molecule has 1 amide bonds.